The first-order valence-electron chi connectivity index (χ1n) is 9.06. The highest BCUT2D eigenvalue weighted by Gasteiger charge is 2.34. The molecular formula is C22H22N2O3S. The number of amides is 3. The molecule has 6 heteroatoms. The molecule has 1 saturated heterocycles. The summed E-state index contributed by atoms with van der Waals surface area (Å²) in [6, 6.07) is 15.5. The van der Waals surface area contributed by atoms with Crippen molar-refractivity contribution in [3.8, 4) is 0 Å². The molecule has 0 atom stereocenters. The summed E-state index contributed by atoms with van der Waals surface area (Å²) >= 11 is 0.929. The van der Waals surface area contributed by atoms with Crippen LogP contribution in [0.5, 0.6) is 0 Å². The third-order valence-corrected chi connectivity index (χ3v) is 5.30. The van der Waals surface area contributed by atoms with Crippen LogP contribution in [0.2, 0.25) is 0 Å². The van der Waals surface area contributed by atoms with Crippen molar-refractivity contribution in [2.24, 2.45) is 0 Å². The van der Waals surface area contributed by atoms with Gasteiger partial charge in [0.05, 0.1) is 11.3 Å². The summed E-state index contributed by atoms with van der Waals surface area (Å²) < 4.78 is 0. The predicted octanol–water partition coefficient (Wildman–Crippen LogP) is 3.70. The highest BCUT2D eigenvalue weighted by Crippen LogP contribution is 2.31. The van der Waals surface area contributed by atoms with Crippen LogP contribution in [0.25, 0.3) is 6.08 Å². The summed E-state index contributed by atoms with van der Waals surface area (Å²) in [5.41, 5.74) is 4.08. The molecule has 3 amide bonds. The van der Waals surface area contributed by atoms with Crippen molar-refractivity contribution >= 4 is 34.9 Å². The molecule has 0 aliphatic carbocycles. The van der Waals surface area contributed by atoms with Gasteiger partial charge >= 0.3 is 0 Å². The van der Waals surface area contributed by atoms with Crippen molar-refractivity contribution in [1.82, 2.24) is 10.2 Å². The van der Waals surface area contributed by atoms with Gasteiger partial charge in [-0.25, -0.2) is 0 Å². The van der Waals surface area contributed by atoms with Gasteiger partial charge in [0.2, 0.25) is 5.91 Å². The fraction of sp³-hybridized carbons (Fsp3) is 0.227. The molecule has 3 rings (SSSR count). The van der Waals surface area contributed by atoms with Gasteiger partial charge in [-0.05, 0) is 42.8 Å². The second-order valence-electron chi connectivity index (χ2n) is 6.76. The third kappa shape index (κ3) is 5.10. The maximum Gasteiger partial charge on any atom is 0.293 e. The number of rotatable bonds is 6. The summed E-state index contributed by atoms with van der Waals surface area (Å²) in [4.78, 5) is 38.3. The Labute approximate surface area is 168 Å². The third-order valence-electron chi connectivity index (χ3n) is 4.39. The van der Waals surface area contributed by atoms with Crippen molar-refractivity contribution in [2.45, 2.75) is 20.3 Å². The second-order valence-corrected chi connectivity index (χ2v) is 7.75. The van der Waals surface area contributed by atoms with Crippen molar-refractivity contribution < 1.29 is 14.4 Å². The standard InChI is InChI=1S/C22H22N2O3S/c1-15-3-7-17(8-4-15)13-19-21(26)24(22(27)28-19)12-11-23-20(25)14-18-9-5-16(2)6-10-18/h3-10,13H,11-12,14H2,1-2H3,(H,23,25)/b19-13-. The Morgan fingerprint density at radius 3 is 2.25 bits per heavy atom. The van der Waals surface area contributed by atoms with Gasteiger partial charge in [-0.3, -0.25) is 19.3 Å². The van der Waals surface area contributed by atoms with E-state index in [1.807, 2.05) is 62.4 Å². The average molecular weight is 394 g/mol. The summed E-state index contributed by atoms with van der Waals surface area (Å²) in [5, 5.41) is 2.46. The molecule has 5 nitrogen and oxygen atoms in total. The Balaban J connectivity index is 1.52. The number of thioether (sulfide) groups is 1. The zero-order valence-electron chi connectivity index (χ0n) is 15.9. The number of carbonyl (C=O) groups is 3. The molecule has 0 saturated carbocycles. The number of hydrogen-bond donors (Lipinski definition) is 1. The van der Waals surface area contributed by atoms with E-state index < -0.39 is 0 Å². The molecule has 1 heterocycles. The van der Waals surface area contributed by atoms with E-state index >= 15 is 0 Å². The lowest BCUT2D eigenvalue weighted by Crippen LogP contribution is -2.37. The van der Waals surface area contributed by atoms with Gasteiger partial charge in [-0.1, -0.05) is 59.7 Å². The SMILES string of the molecule is Cc1ccc(/C=C2\SC(=O)N(CCNC(=O)Cc3ccc(C)cc3)C2=O)cc1. The van der Waals surface area contributed by atoms with E-state index in [4.69, 9.17) is 0 Å². The summed E-state index contributed by atoms with van der Waals surface area (Å²) in [6.07, 6.45) is 2.00. The fourth-order valence-electron chi connectivity index (χ4n) is 2.77. The minimum absolute atomic E-state index is 0.133. The molecule has 0 aromatic heterocycles. The van der Waals surface area contributed by atoms with Crippen molar-refractivity contribution in [2.75, 3.05) is 13.1 Å². The van der Waals surface area contributed by atoms with Crippen LogP contribution in [0.1, 0.15) is 22.3 Å². The molecule has 0 spiro atoms. The summed E-state index contributed by atoms with van der Waals surface area (Å²) in [7, 11) is 0. The van der Waals surface area contributed by atoms with Gasteiger partial charge in [-0.2, -0.15) is 0 Å². The Hall–Kier alpha value is -2.86. The number of nitrogens with zero attached hydrogens (tertiary/aromatic N) is 1. The first kappa shape index (κ1) is 19.9. The normalized spacial score (nSPS) is 15.4. The molecule has 1 N–H and O–H groups in total. The maximum atomic E-state index is 12.5. The van der Waals surface area contributed by atoms with Crippen LogP contribution >= 0.6 is 11.8 Å². The van der Waals surface area contributed by atoms with Gasteiger partial charge in [0.1, 0.15) is 0 Å². The minimum atomic E-state index is -0.316. The Morgan fingerprint density at radius 1 is 1.00 bits per heavy atom. The van der Waals surface area contributed by atoms with E-state index in [-0.39, 0.29) is 36.6 Å². The van der Waals surface area contributed by atoms with Crippen molar-refractivity contribution in [1.29, 1.82) is 0 Å². The Morgan fingerprint density at radius 2 is 1.61 bits per heavy atom. The topological polar surface area (TPSA) is 66.5 Å². The van der Waals surface area contributed by atoms with Gasteiger partial charge in [0.25, 0.3) is 11.1 Å². The smallest absolute Gasteiger partial charge is 0.293 e. The minimum Gasteiger partial charge on any atom is -0.354 e. The van der Waals surface area contributed by atoms with Gasteiger partial charge in [0, 0.05) is 13.1 Å². The zero-order chi connectivity index (χ0) is 20.1. The average Bonchev–Trinajstić information content (AvgIpc) is 2.93. The molecule has 28 heavy (non-hydrogen) atoms. The molecular weight excluding hydrogens is 372 g/mol. The van der Waals surface area contributed by atoms with E-state index in [0.29, 0.717) is 4.91 Å². The van der Waals surface area contributed by atoms with Crippen LogP contribution in [-0.4, -0.2) is 35.0 Å². The van der Waals surface area contributed by atoms with Crippen molar-refractivity contribution in [3.05, 3.63) is 75.7 Å². The first-order chi connectivity index (χ1) is 13.4. The quantitative estimate of drug-likeness (QED) is 0.759. The Kier molecular flexibility index (Phi) is 6.31. The molecule has 2 aromatic carbocycles. The van der Waals surface area contributed by atoms with Crippen LogP contribution in [0.15, 0.2) is 53.4 Å². The number of aryl methyl sites for hydroxylation is 2. The van der Waals surface area contributed by atoms with E-state index in [1.54, 1.807) is 6.08 Å². The lowest BCUT2D eigenvalue weighted by Gasteiger charge is -2.13. The van der Waals surface area contributed by atoms with E-state index in [9.17, 15) is 14.4 Å². The lowest BCUT2D eigenvalue weighted by molar-refractivity contribution is -0.124. The van der Waals surface area contributed by atoms with Gasteiger partial charge in [0.15, 0.2) is 0 Å². The highest BCUT2D eigenvalue weighted by atomic mass is 32.2. The molecule has 1 fully saturated rings. The summed E-state index contributed by atoms with van der Waals surface area (Å²) in [6.45, 7) is 4.38. The van der Waals surface area contributed by atoms with Crippen LogP contribution in [0.4, 0.5) is 4.79 Å². The molecule has 0 unspecified atom stereocenters. The number of imide groups is 1. The van der Waals surface area contributed by atoms with Crippen LogP contribution in [0, 0.1) is 13.8 Å². The molecule has 144 valence electrons. The lowest BCUT2D eigenvalue weighted by atomic mass is 10.1. The van der Waals surface area contributed by atoms with Gasteiger partial charge in [-0.15, -0.1) is 0 Å². The predicted molar refractivity (Wildman–Crippen MR) is 112 cm³/mol. The monoisotopic (exact) mass is 394 g/mol. The van der Waals surface area contributed by atoms with Crippen LogP contribution in [0.3, 0.4) is 0 Å². The number of carbonyl (C=O) groups excluding carboxylic acids is 3. The van der Waals surface area contributed by atoms with Crippen molar-refractivity contribution in [3.63, 3.8) is 0 Å². The van der Waals surface area contributed by atoms with Crippen LogP contribution < -0.4 is 5.32 Å². The molecule has 1 aliphatic rings. The number of nitrogens with one attached hydrogen (secondary N) is 1. The molecule has 0 radical (unpaired) electrons. The van der Waals surface area contributed by atoms with E-state index in [2.05, 4.69) is 5.32 Å². The second kappa shape index (κ2) is 8.89. The van der Waals surface area contributed by atoms with E-state index in [0.717, 1.165) is 34.0 Å². The highest BCUT2D eigenvalue weighted by molar-refractivity contribution is 8.18. The molecule has 2 aromatic rings. The number of hydrogen-bond acceptors (Lipinski definition) is 4. The largest absolute Gasteiger partial charge is 0.354 e. The maximum absolute atomic E-state index is 12.5. The molecule has 1 aliphatic heterocycles. The number of benzene rings is 2. The van der Waals surface area contributed by atoms with Gasteiger partial charge < -0.3 is 5.32 Å². The molecule has 0 bridgehead atoms. The van der Waals surface area contributed by atoms with Crippen LogP contribution in [-0.2, 0) is 16.0 Å². The summed E-state index contributed by atoms with van der Waals surface area (Å²) in [5.74, 6) is -0.450. The first-order valence-corrected chi connectivity index (χ1v) is 9.88. The Bertz CT molecular complexity index is 918. The fourth-order valence-corrected chi connectivity index (χ4v) is 3.63. The van der Waals surface area contributed by atoms with E-state index in [1.165, 1.54) is 4.90 Å². The zero-order valence-corrected chi connectivity index (χ0v) is 16.7.